The maximum atomic E-state index is 14.2. The van der Waals surface area contributed by atoms with Crippen molar-refractivity contribution in [2.45, 2.75) is 13.0 Å². The zero-order valence-corrected chi connectivity index (χ0v) is 28.7. The summed E-state index contributed by atoms with van der Waals surface area (Å²) in [4.78, 5) is 44.1. The van der Waals surface area contributed by atoms with Crippen LogP contribution in [0.3, 0.4) is 0 Å². The van der Waals surface area contributed by atoms with E-state index in [1.807, 2.05) is 30.3 Å². The van der Waals surface area contributed by atoms with E-state index in [-0.39, 0.29) is 31.9 Å². The number of hydrogen-bond acceptors (Lipinski definition) is 10. The Morgan fingerprint density at radius 3 is 2.52 bits per heavy atom. The van der Waals surface area contributed by atoms with Gasteiger partial charge in [-0.05, 0) is 58.7 Å². The standard InChI is InChI=1S/C34H25BrClN3O8S/c1-4-46-33(41)28-30(18-8-6-5-7-9-18)37-34-38(31(28)19-10-12-25(44-2)26(16-19)45-3)32(40)27(48-34)17-21-11-13-24(47-21)20-14-22(36)29(35)23(15-20)39(42)43/h5-17,31H,4H2,1-3H3/b27-17-/t31-/m1/s1. The number of nitro groups is 1. The molecule has 0 bridgehead atoms. The van der Waals surface area contributed by atoms with Crippen molar-refractivity contribution in [1.29, 1.82) is 0 Å². The normalized spacial score (nSPS) is 14.4. The van der Waals surface area contributed by atoms with Crippen LogP contribution in [-0.4, -0.2) is 36.3 Å². The molecular weight excluding hydrogens is 726 g/mol. The predicted molar refractivity (Wildman–Crippen MR) is 184 cm³/mol. The molecule has 3 heterocycles. The number of ether oxygens (including phenoxy) is 3. The highest BCUT2D eigenvalue weighted by molar-refractivity contribution is 9.10. The molecule has 1 aliphatic heterocycles. The molecule has 1 atom stereocenters. The molecule has 1 aliphatic rings. The molecule has 0 fully saturated rings. The molecule has 5 aromatic rings. The number of nitro benzene ring substituents is 1. The Morgan fingerprint density at radius 2 is 1.83 bits per heavy atom. The summed E-state index contributed by atoms with van der Waals surface area (Å²) >= 11 is 10.5. The minimum Gasteiger partial charge on any atom is -0.493 e. The quantitative estimate of drug-likeness (QED) is 0.0943. The van der Waals surface area contributed by atoms with E-state index in [1.165, 1.54) is 24.9 Å². The summed E-state index contributed by atoms with van der Waals surface area (Å²) in [6.45, 7) is 1.82. The van der Waals surface area contributed by atoms with Crippen molar-refractivity contribution in [1.82, 2.24) is 4.57 Å². The van der Waals surface area contributed by atoms with Crippen LogP contribution in [0.25, 0.3) is 23.1 Å². The van der Waals surface area contributed by atoms with Gasteiger partial charge in [0.1, 0.15) is 16.0 Å². The van der Waals surface area contributed by atoms with Crippen molar-refractivity contribution in [3.05, 3.63) is 135 Å². The van der Waals surface area contributed by atoms with Gasteiger partial charge in [-0.3, -0.25) is 19.5 Å². The first kappa shape index (κ1) is 32.9. The fraction of sp³-hybridized carbons (Fsp3) is 0.147. The van der Waals surface area contributed by atoms with E-state index < -0.39 is 22.5 Å². The van der Waals surface area contributed by atoms with Crippen molar-refractivity contribution in [3.63, 3.8) is 0 Å². The molecule has 0 radical (unpaired) electrons. The number of carbonyl (C=O) groups excluding carboxylic acids is 1. The first-order chi connectivity index (χ1) is 23.1. The van der Waals surface area contributed by atoms with E-state index in [9.17, 15) is 19.7 Å². The first-order valence-electron chi connectivity index (χ1n) is 14.4. The Morgan fingerprint density at radius 1 is 1.08 bits per heavy atom. The Bertz CT molecular complexity index is 2290. The average molecular weight is 751 g/mol. The molecule has 0 unspecified atom stereocenters. The van der Waals surface area contributed by atoms with Crippen molar-refractivity contribution in [3.8, 4) is 22.8 Å². The monoisotopic (exact) mass is 749 g/mol. The molecule has 0 N–H and O–H groups in total. The number of hydrogen-bond donors (Lipinski definition) is 0. The van der Waals surface area contributed by atoms with Crippen LogP contribution in [-0.2, 0) is 9.53 Å². The summed E-state index contributed by atoms with van der Waals surface area (Å²) in [5, 5.41) is 11.7. The number of fused-ring (bicyclic) bond motifs is 1. The number of esters is 1. The van der Waals surface area contributed by atoms with Crippen molar-refractivity contribution >= 4 is 62.3 Å². The number of furan rings is 1. The summed E-state index contributed by atoms with van der Waals surface area (Å²) in [5.41, 5.74) is 1.54. The van der Waals surface area contributed by atoms with E-state index in [2.05, 4.69) is 15.9 Å². The third kappa shape index (κ3) is 6.07. The highest BCUT2D eigenvalue weighted by Gasteiger charge is 2.35. The van der Waals surface area contributed by atoms with Crippen molar-refractivity contribution < 1.29 is 28.3 Å². The van der Waals surface area contributed by atoms with Crippen molar-refractivity contribution in [2.75, 3.05) is 20.8 Å². The van der Waals surface area contributed by atoms with E-state index in [4.69, 9.17) is 35.2 Å². The van der Waals surface area contributed by atoms with Gasteiger partial charge in [0.2, 0.25) is 0 Å². The lowest BCUT2D eigenvalue weighted by molar-refractivity contribution is -0.385. The second-order valence-corrected chi connectivity index (χ2v) is 12.5. The largest absolute Gasteiger partial charge is 0.493 e. The van der Waals surface area contributed by atoms with Crippen LogP contribution < -0.4 is 24.4 Å². The van der Waals surface area contributed by atoms with Crippen LogP contribution in [0, 0.1) is 10.1 Å². The van der Waals surface area contributed by atoms with Crippen LogP contribution in [0.15, 0.2) is 97.0 Å². The summed E-state index contributed by atoms with van der Waals surface area (Å²) < 4.78 is 24.4. The van der Waals surface area contributed by atoms with Crippen LogP contribution in [0.4, 0.5) is 5.69 Å². The van der Waals surface area contributed by atoms with Gasteiger partial charge >= 0.3 is 5.97 Å². The minimum absolute atomic E-state index is 0.112. The van der Waals surface area contributed by atoms with E-state index in [1.54, 1.807) is 49.4 Å². The van der Waals surface area contributed by atoms with Crippen molar-refractivity contribution in [2.24, 2.45) is 4.99 Å². The second-order valence-electron chi connectivity index (χ2n) is 10.3. The lowest BCUT2D eigenvalue weighted by atomic mass is 9.93. The molecule has 11 nitrogen and oxygen atoms in total. The Kier molecular flexibility index (Phi) is 9.35. The number of benzene rings is 3. The second kappa shape index (κ2) is 13.6. The topological polar surface area (TPSA) is 135 Å². The van der Waals surface area contributed by atoms with Crippen LogP contribution in [0.2, 0.25) is 5.02 Å². The molecule has 0 aliphatic carbocycles. The summed E-state index contributed by atoms with van der Waals surface area (Å²) in [7, 11) is 3.02. The van der Waals surface area contributed by atoms with Gasteiger partial charge in [0, 0.05) is 23.3 Å². The maximum absolute atomic E-state index is 14.2. The summed E-state index contributed by atoms with van der Waals surface area (Å²) in [6.07, 6.45) is 1.56. The molecule has 0 spiro atoms. The molecule has 14 heteroatoms. The van der Waals surface area contributed by atoms with Gasteiger partial charge in [-0.25, -0.2) is 9.79 Å². The zero-order valence-electron chi connectivity index (χ0n) is 25.6. The number of carbonyl (C=O) groups is 1. The van der Waals surface area contributed by atoms with Crippen LogP contribution >= 0.6 is 38.9 Å². The van der Waals surface area contributed by atoms with Gasteiger partial charge in [-0.2, -0.15) is 0 Å². The first-order valence-corrected chi connectivity index (χ1v) is 16.4. The molecule has 6 rings (SSSR count). The Hall–Kier alpha value is -4.98. The van der Waals surface area contributed by atoms with Gasteiger partial charge in [0.25, 0.3) is 11.2 Å². The SMILES string of the molecule is CCOC(=O)C1=C(c2ccccc2)N=c2s/c(=C\c3ccc(-c4cc(Cl)c(Br)c([N+](=O)[O-])c4)o3)c(=O)n2[C@@H]1c1ccc(OC)c(OC)c1. The fourth-order valence-corrected chi connectivity index (χ4v) is 6.91. The van der Waals surface area contributed by atoms with E-state index >= 15 is 0 Å². The third-order valence-electron chi connectivity index (χ3n) is 7.49. The molecule has 48 heavy (non-hydrogen) atoms. The van der Waals surface area contributed by atoms with Gasteiger partial charge in [-0.15, -0.1) is 0 Å². The maximum Gasteiger partial charge on any atom is 0.338 e. The van der Waals surface area contributed by atoms with Gasteiger partial charge in [0.15, 0.2) is 16.3 Å². The lowest BCUT2D eigenvalue weighted by Crippen LogP contribution is -2.40. The molecule has 0 saturated carbocycles. The highest BCUT2D eigenvalue weighted by atomic mass is 79.9. The number of methoxy groups -OCH3 is 2. The molecule has 244 valence electrons. The Balaban J connectivity index is 1.56. The highest BCUT2D eigenvalue weighted by Crippen LogP contribution is 2.39. The number of nitrogens with zero attached hydrogens (tertiary/aromatic N) is 3. The van der Waals surface area contributed by atoms with E-state index in [0.29, 0.717) is 50.2 Å². The Labute approximate surface area is 290 Å². The fourth-order valence-electron chi connectivity index (χ4n) is 5.34. The van der Waals surface area contributed by atoms with Gasteiger partial charge in [0.05, 0.1) is 52.6 Å². The number of thiazole rings is 1. The summed E-state index contributed by atoms with van der Waals surface area (Å²) in [5.74, 6) is 0.893. The smallest absolute Gasteiger partial charge is 0.338 e. The van der Waals surface area contributed by atoms with Crippen LogP contribution in [0.1, 0.15) is 29.9 Å². The number of halogens is 2. The molecule has 2 aromatic heterocycles. The zero-order chi connectivity index (χ0) is 34.1. The predicted octanol–water partition coefficient (Wildman–Crippen LogP) is 6.54. The average Bonchev–Trinajstić information content (AvgIpc) is 3.69. The molecule has 0 amide bonds. The van der Waals surface area contributed by atoms with E-state index in [0.717, 1.165) is 11.3 Å². The number of rotatable bonds is 9. The summed E-state index contributed by atoms with van der Waals surface area (Å²) in [6, 6.07) is 19.6. The van der Waals surface area contributed by atoms with Crippen LogP contribution in [0.5, 0.6) is 11.5 Å². The lowest BCUT2D eigenvalue weighted by Gasteiger charge is -2.26. The molecular formula is C34H25BrClN3O8S. The third-order valence-corrected chi connectivity index (χ3v) is 9.83. The molecule has 0 saturated heterocycles. The van der Waals surface area contributed by atoms with Gasteiger partial charge in [-0.1, -0.05) is 59.3 Å². The molecule has 3 aromatic carbocycles. The van der Waals surface area contributed by atoms with Gasteiger partial charge < -0.3 is 18.6 Å². The minimum atomic E-state index is -0.935. The number of aromatic nitrogens is 1.